The van der Waals surface area contributed by atoms with Crippen LogP contribution in [-0.4, -0.2) is 36.4 Å². The van der Waals surface area contributed by atoms with Gasteiger partial charge in [0.25, 0.3) is 5.91 Å². The highest BCUT2D eigenvalue weighted by atomic mass is 35.5. The van der Waals surface area contributed by atoms with Crippen LogP contribution in [0.4, 0.5) is 4.39 Å². The van der Waals surface area contributed by atoms with Crippen molar-refractivity contribution in [3.8, 4) is 5.75 Å². The van der Waals surface area contributed by atoms with Crippen LogP contribution in [0.15, 0.2) is 78.9 Å². The van der Waals surface area contributed by atoms with Gasteiger partial charge in [-0.3, -0.25) is 9.59 Å². The van der Waals surface area contributed by atoms with E-state index in [2.05, 4.69) is 5.32 Å². The first-order valence-corrected chi connectivity index (χ1v) is 10.5. The molecule has 5 nitrogen and oxygen atoms in total. The molecular formula is C25H24ClFN2O3. The molecule has 166 valence electrons. The molecule has 7 heteroatoms. The van der Waals surface area contributed by atoms with Crippen LogP contribution in [0.3, 0.4) is 0 Å². The highest BCUT2D eigenvalue weighted by molar-refractivity contribution is 6.30. The predicted octanol–water partition coefficient (Wildman–Crippen LogP) is 4.24. The Kier molecular flexibility index (Phi) is 8.22. The molecule has 0 aliphatic carbocycles. The molecule has 0 spiro atoms. The first-order valence-electron chi connectivity index (χ1n) is 10.1. The summed E-state index contributed by atoms with van der Waals surface area (Å²) in [7, 11) is 1.53. The molecule has 0 aliphatic rings. The average Bonchev–Trinajstić information content (AvgIpc) is 2.81. The van der Waals surface area contributed by atoms with Crippen LogP contribution in [0.1, 0.15) is 11.1 Å². The van der Waals surface area contributed by atoms with Crippen molar-refractivity contribution in [2.45, 2.75) is 19.0 Å². The van der Waals surface area contributed by atoms with Crippen molar-refractivity contribution in [2.24, 2.45) is 0 Å². The Morgan fingerprint density at radius 1 is 1.00 bits per heavy atom. The molecule has 0 aliphatic heterocycles. The first-order chi connectivity index (χ1) is 15.5. The summed E-state index contributed by atoms with van der Waals surface area (Å²) in [6.07, 6.45) is 0.312. The summed E-state index contributed by atoms with van der Waals surface area (Å²) in [6, 6.07) is 21.6. The van der Waals surface area contributed by atoms with Gasteiger partial charge in [0.05, 0.1) is 0 Å². The number of hydrogen-bond acceptors (Lipinski definition) is 3. The van der Waals surface area contributed by atoms with Gasteiger partial charge in [-0.15, -0.1) is 0 Å². The lowest BCUT2D eigenvalue weighted by molar-refractivity contribution is -0.142. The minimum absolute atomic E-state index is 0.0249. The van der Waals surface area contributed by atoms with E-state index in [1.807, 2.05) is 36.4 Å². The van der Waals surface area contributed by atoms with Crippen molar-refractivity contribution in [2.75, 3.05) is 13.7 Å². The van der Waals surface area contributed by atoms with E-state index in [1.165, 1.54) is 30.1 Å². The maximum Gasteiger partial charge on any atom is 0.261 e. The Hall–Kier alpha value is -3.38. The summed E-state index contributed by atoms with van der Waals surface area (Å²) in [6.45, 7) is -0.269. The topological polar surface area (TPSA) is 58.6 Å². The molecule has 3 aromatic carbocycles. The number of carbonyl (C=O) groups excluding carboxylic acids is 2. The number of likely N-dealkylation sites (N-methyl/N-ethyl adjacent to an activating group) is 1. The van der Waals surface area contributed by atoms with Crippen LogP contribution in [0, 0.1) is 5.82 Å². The number of ether oxygens (including phenoxy) is 1. The van der Waals surface area contributed by atoms with E-state index in [1.54, 1.807) is 24.3 Å². The summed E-state index contributed by atoms with van der Waals surface area (Å²) < 4.78 is 19.4. The second kappa shape index (κ2) is 11.3. The Balaban J connectivity index is 1.88. The fraction of sp³-hybridized carbons (Fsp3) is 0.200. The van der Waals surface area contributed by atoms with Crippen molar-refractivity contribution >= 4 is 23.4 Å². The Morgan fingerprint density at radius 3 is 2.38 bits per heavy atom. The van der Waals surface area contributed by atoms with Crippen LogP contribution < -0.4 is 10.1 Å². The van der Waals surface area contributed by atoms with Gasteiger partial charge in [0.2, 0.25) is 5.91 Å². The number of nitrogens with one attached hydrogen (secondary N) is 1. The molecule has 0 heterocycles. The second-order valence-corrected chi connectivity index (χ2v) is 7.63. The third-order valence-corrected chi connectivity index (χ3v) is 5.18. The lowest BCUT2D eigenvalue weighted by atomic mass is 10.0. The zero-order valence-electron chi connectivity index (χ0n) is 17.6. The molecule has 0 aromatic heterocycles. The molecule has 0 saturated heterocycles. The van der Waals surface area contributed by atoms with Gasteiger partial charge in [0.1, 0.15) is 6.04 Å². The van der Waals surface area contributed by atoms with Gasteiger partial charge in [-0.2, -0.15) is 0 Å². The van der Waals surface area contributed by atoms with E-state index in [-0.39, 0.29) is 18.2 Å². The SMILES string of the molecule is CNC(=O)C(Cc1ccccc1)N(Cc1cccc(Cl)c1)C(=O)COc1ccccc1F. The molecule has 0 fully saturated rings. The highest BCUT2D eigenvalue weighted by Gasteiger charge is 2.30. The zero-order chi connectivity index (χ0) is 22.9. The van der Waals surface area contributed by atoms with E-state index in [9.17, 15) is 14.0 Å². The standard InChI is InChI=1S/C25H24ClFN2O3/c1-28-25(31)22(15-18-8-3-2-4-9-18)29(16-19-10-7-11-20(26)14-19)24(30)17-32-23-13-6-5-12-21(23)27/h2-14,22H,15-17H2,1H3,(H,28,31). The fourth-order valence-corrected chi connectivity index (χ4v) is 3.55. The molecule has 0 radical (unpaired) electrons. The van der Waals surface area contributed by atoms with Gasteiger partial charge in [0, 0.05) is 25.0 Å². The number of halogens is 2. The van der Waals surface area contributed by atoms with Crippen LogP contribution in [0.5, 0.6) is 5.75 Å². The molecule has 1 atom stereocenters. The number of benzene rings is 3. The van der Waals surface area contributed by atoms with Crippen molar-refractivity contribution in [1.29, 1.82) is 0 Å². The molecule has 2 amide bonds. The van der Waals surface area contributed by atoms with Crippen molar-refractivity contribution in [3.05, 3.63) is 101 Å². The van der Waals surface area contributed by atoms with Crippen LogP contribution in [0.25, 0.3) is 0 Å². The highest BCUT2D eigenvalue weighted by Crippen LogP contribution is 2.19. The third-order valence-electron chi connectivity index (χ3n) is 4.95. The monoisotopic (exact) mass is 454 g/mol. The number of para-hydroxylation sites is 1. The normalized spacial score (nSPS) is 11.5. The summed E-state index contributed by atoms with van der Waals surface area (Å²) in [5.41, 5.74) is 1.67. The number of rotatable bonds is 9. The Labute approximate surface area is 191 Å². The van der Waals surface area contributed by atoms with Gasteiger partial charge in [-0.1, -0.05) is 66.2 Å². The molecule has 0 saturated carbocycles. The van der Waals surface area contributed by atoms with Gasteiger partial charge in [-0.05, 0) is 35.4 Å². The molecule has 1 unspecified atom stereocenters. The average molecular weight is 455 g/mol. The number of amides is 2. The van der Waals surface area contributed by atoms with E-state index in [0.29, 0.717) is 11.4 Å². The van der Waals surface area contributed by atoms with Crippen molar-refractivity contribution in [1.82, 2.24) is 10.2 Å². The summed E-state index contributed by atoms with van der Waals surface area (Å²) in [5, 5.41) is 3.17. The molecule has 32 heavy (non-hydrogen) atoms. The Morgan fingerprint density at radius 2 is 1.69 bits per heavy atom. The summed E-state index contributed by atoms with van der Waals surface area (Å²) in [4.78, 5) is 27.5. The third kappa shape index (κ3) is 6.31. The van der Waals surface area contributed by atoms with Gasteiger partial charge >= 0.3 is 0 Å². The first kappa shape index (κ1) is 23.3. The Bertz CT molecular complexity index is 1060. The molecule has 3 aromatic rings. The van der Waals surface area contributed by atoms with Gasteiger partial charge in [0.15, 0.2) is 18.2 Å². The maximum absolute atomic E-state index is 13.9. The minimum atomic E-state index is -0.793. The number of hydrogen-bond donors (Lipinski definition) is 1. The van der Waals surface area contributed by atoms with E-state index in [4.69, 9.17) is 16.3 Å². The smallest absolute Gasteiger partial charge is 0.261 e. The lowest BCUT2D eigenvalue weighted by Gasteiger charge is -2.31. The zero-order valence-corrected chi connectivity index (χ0v) is 18.4. The minimum Gasteiger partial charge on any atom is -0.481 e. The fourth-order valence-electron chi connectivity index (χ4n) is 3.34. The van der Waals surface area contributed by atoms with Crippen LogP contribution in [0.2, 0.25) is 5.02 Å². The number of nitrogens with zero attached hydrogens (tertiary/aromatic N) is 1. The van der Waals surface area contributed by atoms with E-state index < -0.39 is 24.4 Å². The molecule has 1 N–H and O–H groups in total. The summed E-state index contributed by atoms with van der Waals surface area (Å²) in [5.74, 6) is -1.34. The van der Waals surface area contributed by atoms with Gasteiger partial charge in [-0.25, -0.2) is 4.39 Å². The lowest BCUT2D eigenvalue weighted by Crippen LogP contribution is -2.51. The molecule has 0 bridgehead atoms. The molecule has 3 rings (SSSR count). The predicted molar refractivity (Wildman–Crippen MR) is 122 cm³/mol. The van der Waals surface area contributed by atoms with Crippen molar-refractivity contribution < 1.29 is 18.7 Å². The maximum atomic E-state index is 13.9. The number of carbonyl (C=O) groups is 2. The van der Waals surface area contributed by atoms with Crippen LogP contribution >= 0.6 is 11.6 Å². The quantitative estimate of drug-likeness (QED) is 0.526. The largest absolute Gasteiger partial charge is 0.481 e. The van der Waals surface area contributed by atoms with E-state index in [0.717, 1.165) is 11.1 Å². The second-order valence-electron chi connectivity index (χ2n) is 7.19. The van der Waals surface area contributed by atoms with Gasteiger partial charge < -0.3 is 15.0 Å². The summed E-state index contributed by atoms with van der Waals surface area (Å²) >= 11 is 6.12. The van der Waals surface area contributed by atoms with Crippen molar-refractivity contribution in [3.63, 3.8) is 0 Å². The molecular weight excluding hydrogens is 431 g/mol. The van der Waals surface area contributed by atoms with E-state index >= 15 is 0 Å². The van der Waals surface area contributed by atoms with Crippen LogP contribution in [-0.2, 0) is 22.6 Å².